The fourth-order valence-electron chi connectivity index (χ4n) is 0.546. The minimum atomic E-state index is 1.12. The van der Waals surface area contributed by atoms with Crippen molar-refractivity contribution in [1.29, 1.82) is 0 Å². The van der Waals surface area contributed by atoms with E-state index in [4.69, 9.17) is 0 Å². The maximum atomic E-state index is 3.77. The molecule has 0 bridgehead atoms. The average molecular weight is 145 g/mol. The highest BCUT2D eigenvalue weighted by atomic mass is 32.2. The van der Waals surface area contributed by atoms with Crippen LogP contribution in [0.3, 0.4) is 0 Å². The molecule has 0 amide bonds. The predicted molar refractivity (Wildman–Crippen MR) is 45.6 cm³/mol. The fraction of sp³-hybridized carbons (Fsp3) is 0.714. The quantitative estimate of drug-likeness (QED) is 0.561. The number of hydrogen-bond acceptors (Lipinski definition) is 2. The average Bonchev–Trinajstić information content (AvgIpc) is 1.94. The highest BCUT2D eigenvalue weighted by molar-refractivity contribution is 8.03. The summed E-state index contributed by atoms with van der Waals surface area (Å²) in [5, 5.41) is 4.28. The second kappa shape index (κ2) is 6.02. The Morgan fingerprint density at radius 2 is 2.22 bits per heavy atom. The van der Waals surface area contributed by atoms with Crippen LogP contribution in [0.4, 0.5) is 0 Å². The Kier molecular flexibility index (Phi) is 5.94. The summed E-state index contributed by atoms with van der Waals surface area (Å²) in [4.78, 5) is 0. The molecule has 0 aromatic rings. The maximum absolute atomic E-state index is 3.77. The second-order valence-corrected chi connectivity index (χ2v) is 2.74. The molecule has 0 saturated carbocycles. The SMILES string of the molecule is C=C1NCCCS1.CC. The molecule has 1 rings (SSSR count). The van der Waals surface area contributed by atoms with Crippen molar-refractivity contribution in [2.75, 3.05) is 12.3 Å². The van der Waals surface area contributed by atoms with Gasteiger partial charge in [-0.25, -0.2) is 0 Å². The van der Waals surface area contributed by atoms with Crippen LogP contribution in [-0.2, 0) is 0 Å². The van der Waals surface area contributed by atoms with Crippen LogP contribution in [0.15, 0.2) is 11.6 Å². The number of nitrogens with one attached hydrogen (secondary N) is 1. The normalized spacial score (nSPS) is 17.3. The van der Waals surface area contributed by atoms with E-state index in [1.165, 1.54) is 12.2 Å². The molecule has 0 aromatic carbocycles. The second-order valence-electron chi connectivity index (χ2n) is 1.55. The zero-order chi connectivity index (χ0) is 7.11. The molecule has 1 fully saturated rings. The van der Waals surface area contributed by atoms with E-state index in [0.29, 0.717) is 0 Å². The van der Waals surface area contributed by atoms with Gasteiger partial charge in [0.15, 0.2) is 0 Å². The molecule has 0 aromatic heterocycles. The largest absolute Gasteiger partial charge is 0.380 e. The van der Waals surface area contributed by atoms with Gasteiger partial charge < -0.3 is 5.32 Å². The van der Waals surface area contributed by atoms with Crippen molar-refractivity contribution in [3.63, 3.8) is 0 Å². The van der Waals surface area contributed by atoms with Crippen LogP contribution in [0.25, 0.3) is 0 Å². The molecule has 1 nitrogen and oxygen atoms in total. The summed E-state index contributed by atoms with van der Waals surface area (Å²) < 4.78 is 0. The standard InChI is InChI=1S/C5H9NS.C2H6/c1-5-6-3-2-4-7-5;1-2/h6H,1-4H2;1-2H3. The minimum Gasteiger partial charge on any atom is -0.380 e. The van der Waals surface area contributed by atoms with Crippen molar-refractivity contribution in [2.45, 2.75) is 20.3 Å². The summed E-state index contributed by atoms with van der Waals surface area (Å²) in [5.74, 6) is 1.24. The topological polar surface area (TPSA) is 12.0 Å². The van der Waals surface area contributed by atoms with Crippen LogP contribution in [0.2, 0.25) is 0 Å². The van der Waals surface area contributed by atoms with E-state index in [0.717, 1.165) is 11.6 Å². The van der Waals surface area contributed by atoms with Crippen LogP contribution in [0.1, 0.15) is 20.3 Å². The molecule has 1 aliphatic rings. The van der Waals surface area contributed by atoms with E-state index >= 15 is 0 Å². The van der Waals surface area contributed by atoms with Gasteiger partial charge in [0.05, 0.1) is 5.03 Å². The van der Waals surface area contributed by atoms with E-state index in [1.54, 1.807) is 0 Å². The number of hydrogen-bond donors (Lipinski definition) is 1. The molecule has 0 atom stereocenters. The molecule has 0 aliphatic carbocycles. The third kappa shape index (κ3) is 4.40. The monoisotopic (exact) mass is 145 g/mol. The van der Waals surface area contributed by atoms with Crippen molar-refractivity contribution >= 4 is 11.8 Å². The molecule has 1 aliphatic heterocycles. The molecular weight excluding hydrogens is 130 g/mol. The Balaban J connectivity index is 0.000000291. The van der Waals surface area contributed by atoms with Crippen molar-refractivity contribution in [1.82, 2.24) is 5.32 Å². The molecular formula is C7H15NS. The molecule has 1 N–H and O–H groups in total. The van der Waals surface area contributed by atoms with Gasteiger partial charge in [-0.1, -0.05) is 20.4 Å². The molecule has 9 heavy (non-hydrogen) atoms. The van der Waals surface area contributed by atoms with Gasteiger partial charge in [-0.3, -0.25) is 0 Å². The van der Waals surface area contributed by atoms with E-state index in [1.807, 2.05) is 25.6 Å². The highest BCUT2D eigenvalue weighted by Gasteiger charge is 1.99. The summed E-state index contributed by atoms with van der Waals surface area (Å²) in [6.07, 6.45) is 1.28. The van der Waals surface area contributed by atoms with Gasteiger partial charge in [0, 0.05) is 12.3 Å². The van der Waals surface area contributed by atoms with Crippen LogP contribution >= 0.6 is 11.8 Å². The van der Waals surface area contributed by atoms with Crippen molar-refractivity contribution in [3.8, 4) is 0 Å². The molecule has 1 saturated heterocycles. The summed E-state index contributed by atoms with van der Waals surface area (Å²) in [6.45, 7) is 8.88. The maximum Gasteiger partial charge on any atom is 0.0608 e. The Hall–Kier alpha value is -0.110. The smallest absolute Gasteiger partial charge is 0.0608 e. The molecule has 1 heterocycles. The van der Waals surface area contributed by atoms with E-state index in [2.05, 4.69) is 11.9 Å². The van der Waals surface area contributed by atoms with E-state index in [9.17, 15) is 0 Å². The lowest BCUT2D eigenvalue weighted by molar-refractivity contribution is 0.791. The van der Waals surface area contributed by atoms with Gasteiger partial charge in [0.25, 0.3) is 0 Å². The van der Waals surface area contributed by atoms with Gasteiger partial charge in [-0.05, 0) is 6.42 Å². The molecule has 0 radical (unpaired) electrons. The Morgan fingerprint density at radius 3 is 2.44 bits per heavy atom. The molecule has 2 heteroatoms. The third-order valence-electron chi connectivity index (χ3n) is 0.920. The summed E-state index contributed by atoms with van der Waals surface area (Å²) in [7, 11) is 0. The number of rotatable bonds is 0. The Labute approximate surface area is 61.9 Å². The summed E-state index contributed by atoms with van der Waals surface area (Å²) in [6, 6.07) is 0. The molecule has 0 unspecified atom stereocenters. The van der Waals surface area contributed by atoms with Crippen LogP contribution in [-0.4, -0.2) is 12.3 Å². The first-order valence-corrected chi connectivity index (χ1v) is 4.44. The zero-order valence-electron chi connectivity index (χ0n) is 6.24. The minimum absolute atomic E-state index is 1.12. The van der Waals surface area contributed by atoms with E-state index < -0.39 is 0 Å². The lowest BCUT2D eigenvalue weighted by Crippen LogP contribution is -2.17. The van der Waals surface area contributed by atoms with Crippen molar-refractivity contribution in [2.24, 2.45) is 0 Å². The van der Waals surface area contributed by atoms with Crippen LogP contribution in [0.5, 0.6) is 0 Å². The highest BCUT2D eigenvalue weighted by Crippen LogP contribution is 2.14. The van der Waals surface area contributed by atoms with Crippen molar-refractivity contribution in [3.05, 3.63) is 11.6 Å². The summed E-state index contributed by atoms with van der Waals surface area (Å²) in [5.41, 5.74) is 0. The first-order chi connectivity index (χ1) is 4.39. The van der Waals surface area contributed by atoms with Gasteiger partial charge in [-0.2, -0.15) is 0 Å². The lowest BCUT2D eigenvalue weighted by Gasteiger charge is -2.13. The van der Waals surface area contributed by atoms with Crippen LogP contribution in [0, 0.1) is 0 Å². The zero-order valence-corrected chi connectivity index (χ0v) is 7.05. The third-order valence-corrected chi connectivity index (χ3v) is 1.91. The van der Waals surface area contributed by atoms with Gasteiger partial charge in [0.2, 0.25) is 0 Å². The fourth-order valence-corrected chi connectivity index (χ4v) is 1.29. The lowest BCUT2D eigenvalue weighted by atomic mass is 10.5. The first kappa shape index (κ1) is 8.89. The Bertz CT molecular complexity index is 73.0. The number of thioether (sulfide) groups is 1. The van der Waals surface area contributed by atoms with Gasteiger partial charge in [-0.15, -0.1) is 11.8 Å². The van der Waals surface area contributed by atoms with Crippen LogP contribution < -0.4 is 5.32 Å². The molecule has 54 valence electrons. The van der Waals surface area contributed by atoms with Gasteiger partial charge >= 0.3 is 0 Å². The van der Waals surface area contributed by atoms with E-state index in [-0.39, 0.29) is 0 Å². The van der Waals surface area contributed by atoms with Gasteiger partial charge in [0.1, 0.15) is 0 Å². The predicted octanol–water partition coefficient (Wildman–Crippen LogP) is 2.21. The first-order valence-electron chi connectivity index (χ1n) is 3.45. The molecule has 0 spiro atoms. The van der Waals surface area contributed by atoms with Crippen molar-refractivity contribution < 1.29 is 0 Å². The summed E-state index contributed by atoms with van der Waals surface area (Å²) >= 11 is 1.81. The Morgan fingerprint density at radius 1 is 1.56 bits per heavy atom.